The predicted molar refractivity (Wildman–Crippen MR) is 182 cm³/mol. The molecule has 4 aromatic rings. The van der Waals surface area contributed by atoms with Crippen molar-refractivity contribution >= 4 is 39.4 Å². The van der Waals surface area contributed by atoms with Gasteiger partial charge in [0.15, 0.2) is 11.6 Å². The average Bonchev–Trinajstić information content (AvgIpc) is 4.10. The Morgan fingerprint density at radius 1 is 0.926 bits per heavy atom. The monoisotopic (exact) mass is 750 g/mol. The number of anilines is 1. The number of ether oxygens (including phenoxy) is 1. The summed E-state index contributed by atoms with van der Waals surface area (Å²) in [5.41, 5.74) is 2.48. The number of aromatic carboxylic acids is 1. The molecule has 3 saturated carbocycles. The number of aromatic nitrogens is 2. The Balaban J connectivity index is 0.000000171. The van der Waals surface area contributed by atoms with Crippen molar-refractivity contribution in [3.63, 3.8) is 0 Å². The molecule has 3 heterocycles. The van der Waals surface area contributed by atoms with E-state index in [0.717, 1.165) is 42.3 Å². The van der Waals surface area contributed by atoms with Gasteiger partial charge in [-0.3, -0.25) is 9.59 Å². The molecule has 2 aromatic heterocycles. The van der Waals surface area contributed by atoms with Crippen molar-refractivity contribution in [3.05, 3.63) is 84.7 Å². The van der Waals surface area contributed by atoms with E-state index in [1.165, 1.54) is 10.6 Å². The molecule has 0 amide bonds. The van der Waals surface area contributed by atoms with E-state index >= 15 is 4.39 Å². The third-order valence-electron chi connectivity index (χ3n) is 10.6. The van der Waals surface area contributed by atoms with Crippen LogP contribution in [0.2, 0.25) is 0 Å². The molecule has 2 aromatic carbocycles. The number of carboxylic acid groups (broad SMARTS) is 1. The summed E-state index contributed by atoms with van der Waals surface area (Å²) in [6.45, 7) is 2.57. The van der Waals surface area contributed by atoms with Crippen molar-refractivity contribution in [2.45, 2.75) is 69.0 Å². The van der Waals surface area contributed by atoms with Gasteiger partial charge in [-0.15, -0.1) is 0 Å². The predicted octanol–water partition coefficient (Wildman–Crippen LogP) is 4.92. The molecule has 0 unspecified atom stereocenters. The number of pyridine rings is 2. The number of carbonyl (C=O) groups excluding carboxylic acids is 1. The van der Waals surface area contributed by atoms with Crippen LogP contribution in [-0.2, 0) is 4.74 Å². The molecule has 8 rings (SSSR count). The number of esters is 1. The molecule has 54 heavy (non-hydrogen) atoms. The van der Waals surface area contributed by atoms with E-state index in [0.29, 0.717) is 19.2 Å². The van der Waals surface area contributed by atoms with Gasteiger partial charge < -0.3 is 29.6 Å². The van der Waals surface area contributed by atoms with E-state index in [4.69, 9.17) is 15.7 Å². The minimum atomic E-state index is -1.48. The summed E-state index contributed by atoms with van der Waals surface area (Å²) < 4.78 is 77.5. The Hall–Kier alpha value is -5.81. The molecule has 4 fully saturated rings. The zero-order chi connectivity index (χ0) is 39.0. The first-order valence-corrected chi connectivity index (χ1v) is 17.2. The molecule has 1 saturated heterocycles. The third kappa shape index (κ3) is 6.02. The Kier molecular flexibility index (Phi) is 8.96. The molecule has 5 atom stereocenters. The van der Waals surface area contributed by atoms with E-state index in [-0.39, 0.29) is 64.0 Å². The summed E-state index contributed by atoms with van der Waals surface area (Å²) in [6, 6.07) is 3.67. The topological polar surface area (TPSA) is 184 Å². The number of carboxylic acids is 1. The van der Waals surface area contributed by atoms with Gasteiger partial charge in [0.25, 0.3) is 0 Å². The van der Waals surface area contributed by atoms with Gasteiger partial charge in [0.1, 0.15) is 52.6 Å². The van der Waals surface area contributed by atoms with Crippen LogP contribution < -0.4 is 21.5 Å². The lowest BCUT2D eigenvalue weighted by atomic mass is 9.97. The highest BCUT2D eigenvalue weighted by Crippen LogP contribution is 2.47. The maximum absolute atomic E-state index is 15.2. The number of hydrogen-bond acceptors (Lipinski definition) is 9. The average molecular weight is 751 g/mol. The molecule has 17 heteroatoms. The van der Waals surface area contributed by atoms with Gasteiger partial charge in [0.05, 0.1) is 46.2 Å². The van der Waals surface area contributed by atoms with Crippen LogP contribution in [0.1, 0.15) is 83.0 Å². The Bertz CT molecular complexity index is 2500. The summed E-state index contributed by atoms with van der Waals surface area (Å²) in [4.78, 5) is 50.4. The number of alkyl halides is 2. The van der Waals surface area contributed by atoms with Gasteiger partial charge in [0, 0.05) is 43.9 Å². The number of carbonyl (C=O) groups is 2. The Morgan fingerprint density at radius 2 is 1.44 bits per heavy atom. The van der Waals surface area contributed by atoms with E-state index in [1.807, 2.05) is 6.07 Å². The molecular formula is C37H31F5N6O6. The van der Waals surface area contributed by atoms with E-state index in [9.17, 15) is 47.1 Å². The number of nitrogens with two attached hydrogens (primary N) is 1. The number of rotatable bonds is 7. The van der Waals surface area contributed by atoms with Crippen molar-refractivity contribution in [2.75, 3.05) is 24.6 Å². The number of fused-ring (bicyclic) bond motifs is 2. The minimum Gasteiger partial charge on any atom is -0.477 e. The first kappa shape index (κ1) is 36.5. The lowest BCUT2D eigenvalue weighted by Gasteiger charge is -2.24. The first-order valence-electron chi connectivity index (χ1n) is 17.2. The summed E-state index contributed by atoms with van der Waals surface area (Å²) >= 11 is 0. The normalized spacial score (nSPS) is 23.3. The fourth-order valence-corrected chi connectivity index (χ4v) is 7.36. The molecule has 280 valence electrons. The zero-order valence-corrected chi connectivity index (χ0v) is 28.5. The fraction of sp³-hybridized carbons (Fsp3) is 0.405. The largest absolute Gasteiger partial charge is 0.477 e. The van der Waals surface area contributed by atoms with Crippen molar-refractivity contribution in [2.24, 2.45) is 11.7 Å². The fourth-order valence-electron chi connectivity index (χ4n) is 7.36. The van der Waals surface area contributed by atoms with Gasteiger partial charge in [-0.1, -0.05) is 0 Å². The molecule has 12 nitrogen and oxygen atoms in total. The van der Waals surface area contributed by atoms with Gasteiger partial charge in [-0.05, 0) is 44.2 Å². The highest BCUT2D eigenvalue weighted by Gasteiger charge is 2.49. The SMILES string of the molecule is CCOC(=O)c1cn([C@@H]2C[C@@H]2F)c2c(C#N)c(F)c(F)cc2c1=O.N#Cc1c(N2CC[C@@H](C3(N)CC3)C2)c(F)cc2c(=O)c(C(=O)O)cn([C@@H]3C[C@@H]3F)c12. The number of nitriles is 2. The number of nitrogens with zero attached hydrogens (tertiary/aromatic N) is 5. The molecule has 0 spiro atoms. The molecule has 1 aliphatic heterocycles. The second kappa shape index (κ2) is 13.2. The summed E-state index contributed by atoms with van der Waals surface area (Å²) in [7, 11) is 0. The Labute approximate surface area is 302 Å². The number of halogens is 5. The Morgan fingerprint density at radius 3 is 1.94 bits per heavy atom. The van der Waals surface area contributed by atoms with Crippen LogP contribution in [0, 0.1) is 46.0 Å². The van der Waals surface area contributed by atoms with Crippen molar-refractivity contribution in [3.8, 4) is 12.1 Å². The number of benzene rings is 2. The highest BCUT2D eigenvalue weighted by molar-refractivity contribution is 5.97. The van der Waals surface area contributed by atoms with E-state index in [2.05, 4.69) is 0 Å². The summed E-state index contributed by atoms with van der Waals surface area (Å²) in [5, 5.41) is 27.8. The molecule has 3 aliphatic carbocycles. The third-order valence-corrected chi connectivity index (χ3v) is 10.6. The van der Waals surface area contributed by atoms with Crippen LogP contribution in [0.4, 0.5) is 27.6 Å². The molecule has 0 bridgehead atoms. The van der Waals surface area contributed by atoms with Crippen LogP contribution in [0.25, 0.3) is 21.8 Å². The van der Waals surface area contributed by atoms with E-state index in [1.54, 1.807) is 11.8 Å². The van der Waals surface area contributed by atoms with Crippen LogP contribution in [0.15, 0.2) is 34.1 Å². The summed E-state index contributed by atoms with van der Waals surface area (Å²) in [6.07, 6.45) is 2.52. The zero-order valence-electron chi connectivity index (χ0n) is 28.5. The quantitative estimate of drug-likeness (QED) is 0.194. The van der Waals surface area contributed by atoms with Gasteiger partial charge in [0.2, 0.25) is 10.9 Å². The first-order chi connectivity index (χ1) is 25.6. The van der Waals surface area contributed by atoms with E-state index < -0.39 is 81.4 Å². The smallest absolute Gasteiger partial charge is 0.343 e. The molecular weight excluding hydrogens is 719 g/mol. The van der Waals surface area contributed by atoms with Crippen LogP contribution >= 0.6 is 0 Å². The molecule has 4 aliphatic rings. The minimum absolute atomic E-state index is 0.00665. The lowest BCUT2D eigenvalue weighted by Crippen LogP contribution is -2.35. The van der Waals surface area contributed by atoms with Crippen molar-refractivity contribution in [1.29, 1.82) is 10.5 Å². The van der Waals surface area contributed by atoms with Crippen LogP contribution in [0.5, 0.6) is 0 Å². The van der Waals surface area contributed by atoms with Crippen molar-refractivity contribution in [1.82, 2.24) is 9.13 Å². The standard InChI is InChI=1S/C21H20F2N4O3.C16H11F3N2O3/c22-14-6-16(14)27-9-13(20(29)30)19(28)11-5-15(23)18(12(7-24)17(11)27)26-4-1-10(8-26)21(25)2-3-21;1-2-24-16(23)9-6-21(12-4-10(12)17)14-7(15(9)22)3-11(18)13(19)8(14)5-20/h5,9-10,14,16H,1-4,6,8,25H2,(H,29,30);3,6,10,12H,2,4H2,1H3/t10-,14+,16-;10-,12+/m10/s1. The van der Waals surface area contributed by atoms with Gasteiger partial charge in [-0.25, -0.2) is 31.5 Å². The van der Waals surface area contributed by atoms with Crippen LogP contribution in [0.3, 0.4) is 0 Å². The highest BCUT2D eigenvalue weighted by atomic mass is 19.2. The van der Waals surface area contributed by atoms with Gasteiger partial charge in [-0.2, -0.15) is 10.5 Å². The van der Waals surface area contributed by atoms with Crippen molar-refractivity contribution < 1.29 is 41.4 Å². The number of hydrogen-bond donors (Lipinski definition) is 2. The second-order valence-electron chi connectivity index (χ2n) is 14.0. The molecule has 0 radical (unpaired) electrons. The summed E-state index contributed by atoms with van der Waals surface area (Å²) in [5.74, 6) is -5.81. The maximum atomic E-state index is 15.2. The van der Waals surface area contributed by atoms with Crippen LogP contribution in [-0.4, -0.2) is 63.8 Å². The lowest BCUT2D eigenvalue weighted by molar-refractivity contribution is 0.0523. The van der Waals surface area contributed by atoms with Gasteiger partial charge >= 0.3 is 11.9 Å². The maximum Gasteiger partial charge on any atom is 0.343 e. The second-order valence-corrected chi connectivity index (χ2v) is 14.0. The molecule has 3 N–H and O–H groups in total.